The summed E-state index contributed by atoms with van der Waals surface area (Å²) in [6.07, 6.45) is 9.74. The Hall–Kier alpha value is -0.780. The van der Waals surface area contributed by atoms with E-state index < -0.39 is 0 Å². The van der Waals surface area contributed by atoms with Gasteiger partial charge in [-0.2, -0.15) is 0 Å². The van der Waals surface area contributed by atoms with Crippen molar-refractivity contribution >= 4 is 0 Å². The van der Waals surface area contributed by atoms with Gasteiger partial charge in [-0.1, -0.05) is 45.1 Å². The molecule has 12 heavy (non-hydrogen) atoms. The molecule has 0 saturated carbocycles. The minimum absolute atomic E-state index is 1.09. The van der Waals surface area contributed by atoms with Crippen LogP contribution in [0.25, 0.3) is 0 Å². The van der Waals surface area contributed by atoms with Crippen LogP contribution in [0.5, 0.6) is 0 Å². The monoisotopic (exact) mass is 164 g/mol. The SMILES string of the molecule is C=C/C(CC)=C(\C=C/C)CCC. The predicted molar refractivity (Wildman–Crippen MR) is 57.2 cm³/mol. The highest BCUT2D eigenvalue weighted by molar-refractivity contribution is 5.31. The molecule has 0 nitrogen and oxygen atoms in total. The second kappa shape index (κ2) is 6.90. The highest BCUT2D eigenvalue weighted by atomic mass is 14.0. The maximum Gasteiger partial charge on any atom is -0.0279 e. The molecule has 0 amide bonds. The first-order chi connectivity index (χ1) is 5.79. The lowest BCUT2D eigenvalue weighted by Gasteiger charge is -2.05. The van der Waals surface area contributed by atoms with E-state index in [0.29, 0.717) is 0 Å². The first kappa shape index (κ1) is 11.2. The second-order valence-corrected chi connectivity index (χ2v) is 2.86. The second-order valence-electron chi connectivity index (χ2n) is 2.86. The molecule has 0 N–H and O–H groups in total. The van der Waals surface area contributed by atoms with Crippen LogP contribution in [-0.4, -0.2) is 0 Å². The molecule has 0 aliphatic heterocycles. The van der Waals surface area contributed by atoms with Crippen molar-refractivity contribution in [1.82, 2.24) is 0 Å². The van der Waals surface area contributed by atoms with Crippen LogP contribution in [0, 0.1) is 0 Å². The summed E-state index contributed by atoms with van der Waals surface area (Å²) < 4.78 is 0. The Kier molecular flexibility index (Phi) is 6.45. The third-order valence-electron chi connectivity index (χ3n) is 1.93. The molecule has 0 atom stereocenters. The van der Waals surface area contributed by atoms with Crippen molar-refractivity contribution in [3.05, 3.63) is 36.0 Å². The number of allylic oxidation sites excluding steroid dienone is 5. The summed E-state index contributed by atoms with van der Waals surface area (Å²) in [6, 6.07) is 0. The molecule has 0 spiro atoms. The zero-order chi connectivity index (χ0) is 9.40. The molecule has 68 valence electrons. The average Bonchev–Trinajstić information content (AvgIpc) is 2.07. The largest absolute Gasteiger partial charge is 0.0988 e. The highest BCUT2D eigenvalue weighted by Gasteiger charge is 1.96. The van der Waals surface area contributed by atoms with Crippen LogP contribution in [0.1, 0.15) is 40.0 Å². The number of rotatable bonds is 5. The van der Waals surface area contributed by atoms with Gasteiger partial charge in [0.2, 0.25) is 0 Å². The van der Waals surface area contributed by atoms with Crippen molar-refractivity contribution in [2.45, 2.75) is 40.0 Å². The fraction of sp³-hybridized carbons (Fsp3) is 0.500. The smallest absolute Gasteiger partial charge is 0.0279 e. The normalized spacial score (nSPS) is 13.2. The summed E-state index contributed by atoms with van der Waals surface area (Å²) >= 11 is 0. The topological polar surface area (TPSA) is 0 Å². The zero-order valence-electron chi connectivity index (χ0n) is 8.56. The summed E-state index contributed by atoms with van der Waals surface area (Å²) in [5.41, 5.74) is 2.83. The molecule has 0 saturated heterocycles. The molecule has 0 aromatic heterocycles. The molecule has 0 fully saturated rings. The molecule has 0 rings (SSSR count). The Morgan fingerprint density at radius 1 is 1.25 bits per heavy atom. The maximum absolute atomic E-state index is 3.83. The van der Waals surface area contributed by atoms with Gasteiger partial charge in [0.1, 0.15) is 0 Å². The Morgan fingerprint density at radius 3 is 2.25 bits per heavy atom. The minimum atomic E-state index is 1.09. The van der Waals surface area contributed by atoms with Gasteiger partial charge in [-0.25, -0.2) is 0 Å². The van der Waals surface area contributed by atoms with Crippen LogP contribution >= 0.6 is 0 Å². The van der Waals surface area contributed by atoms with Gasteiger partial charge in [-0.15, -0.1) is 0 Å². The van der Waals surface area contributed by atoms with Gasteiger partial charge >= 0.3 is 0 Å². The molecule has 0 unspecified atom stereocenters. The Balaban J connectivity index is 4.61. The number of hydrogen-bond donors (Lipinski definition) is 0. The van der Waals surface area contributed by atoms with Crippen LogP contribution in [0.3, 0.4) is 0 Å². The van der Waals surface area contributed by atoms with E-state index in [1.54, 1.807) is 0 Å². The van der Waals surface area contributed by atoms with E-state index in [1.165, 1.54) is 24.0 Å². The standard InChI is InChI=1S/C12H20/c1-5-9-12(10-6-2)11(7-3)8-4/h5,7,9H,3,6,8,10H2,1-2,4H3/b9-5-,12-11-. The molecule has 0 heterocycles. The summed E-state index contributed by atoms with van der Waals surface area (Å²) in [6.45, 7) is 10.3. The van der Waals surface area contributed by atoms with Gasteiger partial charge in [0.15, 0.2) is 0 Å². The zero-order valence-corrected chi connectivity index (χ0v) is 8.56. The molecular formula is C12H20. The van der Waals surface area contributed by atoms with Crippen LogP contribution in [-0.2, 0) is 0 Å². The van der Waals surface area contributed by atoms with E-state index >= 15 is 0 Å². The average molecular weight is 164 g/mol. The summed E-state index contributed by atoms with van der Waals surface area (Å²) in [7, 11) is 0. The van der Waals surface area contributed by atoms with Crippen molar-refractivity contribution < 1.29 is 0 Å². The van der Waals surface area contributed by atoms with Crippen molar-refractivity contribution in [2.75, 3.05) is 0 Å². The van der Waals surface area contributed by atoms with Gasteiger partial charge < -0.3 is 0 Å². The van der Waals surface area contributed by atoms with Crippen molar-refractivity contribution in [2.24, 2.45) is 0 Å². The van der Waals surface area contributed by atoms with E-state index in [4.69, 9.17) is 0 Å². The summed E-state index contributed by atoms with van der Waals surface area (Å²) in [5.74, 6) is 0. The Bertz CT molecular complexity index is 182. The fourth-order valence-electron chi connectivity index (χ4n) is 1.32. The van der Waals surface area contributed by atoms with E-state index in [-0.39, 0.29) is 0 Å². The predicted octanol–water partition coefficient (Wildman–Crippen LogP) is 4.26. The fourth-order valence-corrected chi connectivity index (χ4v) is 1.32. The Labute approximate surface area is 76.7 Å². The molecule has 0 heteroatoms. The first-order valence-electron chi connectivity index (χ1n) is 4.77. The molecule has 0 bridgehead atoms. The molecule has 0 radical (unpaired) electrons. The van der Waals surface area contributed by atoms with Gasteiger partial charge in [-0.3, -0.25) is 0 Å². The van der Waals surface area contributed by atoms with Crippen molar-refractivity contribution in [3.8, 4) is 0 Å². The van der Waals surface area contributed by atoms with E-state index in [9.17, 15) is 0 Å². The third kappa shape index (κ3) is 3.56. The Morgan fingerprint density at radius 2 is 1.92 bits per heavy atom. The highest BCUT2D eigenvalue weighted by Crippen LogP contribution is 2.16. The van der Waals surface area contributed by atoms with Crippen LogP contribution in [0.2, 0.25) is 0 Å². The van der Waals surface area contributed by atoms with E-state index in [1.807, 2.05) is 6.08 Å². The lowest BCUT2D eigenvalue weighted by atomic mass is 10.0. The van der Waals surface area contributed by atoms with Gasteiger partial charge in [0.05, 0.1) is 0 Å². The molecule has 0 aliphatic rings. The minimum Gasteiger partial charge on any atom is -0.0988 e. The first-order valence-corrected chi connectivity index (χ1v) is 4.77. The van der Waals surface area contributed by atoms with Crippen molar-refractivity contribution in [3.63, 3.8) is 0 Å². The van der Waals surface area contributed by atoms with Crippen LogP contribution in [0.4, 0.5) is 0 Å². The lowest BCUT2D eigenvalue weighted by molar-refractivity contribution is 0.906. The van der Waals surface area contributed by atoms with Crippen LogP contribution < -0.4 is 0 Å². The molecule has 0 aromatic carbocycles. The maximum atomic E-state index is 3.83. The molecule has 0 aromatic rings. The third-order valence-corrected chi connectivity index (χ3v) is 1.93. The van der Waals surface area contributed by atoms with Crippen LogP contribution in [0.15, 0.2) is 36.0 Å². The summed E-state index contributed by atoms with van der Waals surface area (Å²) in [4.78, 5) is 0. The number of hydrogen-bond acceptors (Lipinski definition) is 0. The molecule has 0 aliphatic carbocycles. The van der Waals surface area contributed by atoms with Gasteiger partial charge in [0, 0.05) is 0 Å². The van der Waals surface area contributed by atoms with Gasteiger partial charge in [-0.05, 0) is 30.9 Å². The quantitative estimate of drug-likeness (QED) is 0.533. The lowest BCUT2D eigenvalue weighted by Crippen LogP contribution is -1.85. The van der Waals surface area contributed by atoms with Crippen molar-refractivity contribution in [1.29, 1.82) is 0 Å². The summed E-state index contributed by atoms with van der Waals surface area (Å²) in [5, 5.41) is 0. The molecular weight excluding hydrogens is 144 g/mol. The van der Waals surface area contributed by atoms with Gasteiger partial charge in [0.25, 0.3) is 0 Å². The van der Waals surface area contributed by atoms with E-state index in [0.717, 1.165) is 6.42 Å². The van der Waals surface area contributed by atoms with E-state index in [2.05, 4.69) is 39.5 Å².